The molecule has 2 aromatic heterocycles. The molecule has 0 spiro atoms. The van der Waals surface area contributed by atoms with E-state index in [1.54, 1.807) is 0 Å². The Morgan fingerprint density at radius 1 is 1.54 bits per heavy atom. The Morgan fingerprint density at radius 3 is 3.00 bits per heavy atom. The highest BCUT2D eigenvalue weighted by Gasteiger charge is 2.09. The Hall–Kier alpha value is -1.81. The molecular weight excluding hydrogens is 190 g/mol. The van der Waals surface area contributed by atoms with Crippen LogP contribution in [0.1, 0.15) is 5.56 Å². The van der Waals surface area contributed by atoms with Crippen LogP contribution >= 0.6 is 12.6 Å². The highest BCUT2D eigenvalue weighted by Crippen LogP contribution is 2.13. The van der Waals surface area contributed by atoms with Crippen molar-refractivity contribution in [2.75, 3.05) is 0 Å². The normalized spacial score (nSPS) is 10.2. The molecule has 0 bridgehead atoms. The summed E-state index contributed by atoms with van der Waals surface area (Å²) in [5.41, 5.74) is 0.521. The first-order valence-electron chi connectivity index (χ1n) is 3.26. The first-order valence-corrected chi connectivity index (χ1v) is 3.71. The molecule has 64 valence electrons. The summed E-state index contributed by atoms with van der Waals surface area (Å²) in [4.78, 5) is 7.39. The number of aromatic nitrogens is 4. The molecule has 0 atom stereocenters. The van der Waals surface area contributed by atoms with Gasteiger partial charge in [0.15, 0.2) is 10.8 Å². The summed E-state index contributed by atoms with van der Waals surface area (Å²) in [6.07, 6.45) is 1.30. The van der Waals surface area contributed by atoms with E-state index in [0.717, 1.165) is 4.52 Å². The molecule has 0 unspecified atom stereocenters. The van der Waals surface area contributed by atoms with Crippen molar-refractivity contribution >= 4 is 18.3 Å². The first kappa shape index (κ1) is 7.82. The summed E-state index contributed by atoms with van der Waals surface area (Å²) in [6, 6.07) is 1.55. The lowest BCUT2D eigenvalue weighted by Gasteiger charge is -1.95. The maximum atomic E-state index is 9.25. The van der Waals surface area contributed by atoms with Gasteiger partial charge in [0, 0.05) is 0 Å². The minimum Gasteiger partial charge on any atom is -0.479 e. The molecule has 0 saturated carbocycles. The Balaban J connectivity index is 2.92. The molecule has 2 heterocycles. The second kappa shape index (κ2) is 2.60. The smallest absolute Gasteiger partial charge is 0.319 e. The summed E-state index contributed by atoms with van der Waals surface area (Å²) < 4.78 is 1.07. The molecule has 0 amide bonds. The summed E-state index contributed by atoms with van der Waals surface area (Å²) in [6.45, 7) is 0. The molecule has 0 aliphatic heterocycles. The molecule has 0 aliphatic carbocycles. The molecule has 2 aromatic rings. The van der Waals surface area contributed by atoms with Crippen LogP contribution in [0.25, 0.3) is 5.65 Å². The number of rotatable bonds is 0. The summed E-state index contributed by atoms with van der Waals surface area (Å²) in [5.74, 6) is 0. The van der Waals surface area contributed by atoms with E-state index < -0.39 is 0 Å². The number of hydrogen-bond acceptors (Lipinski definition) is 6. The zero-order valence-electron chi connectivity index (χ0n) is 6.21. The predicted molar refractivity (Wildman–Crippen MR) is 44.4 cm³/mol. The topological polar surface area (TPSA) is 87.1 Å². The van der Waals surface area contributed by atoms with E-state index in [4.69, 9.17) is 5.26 Å². The average Bonchev–Trinajstić information content (AvgIpc) is 2.47. The van der Waals surface area contributed by atoms with E-state index in [0.29, 0.717) is 0 Å². The van der Waals surface area contributed by atoms with Gasteiger partial charge in [0.1, 0.15) is 11.6 Å². The van der Waals surface area contributed by atoms with E-state index in [1.165, 1.54) is 6.20 Å². The van der Waals surface area contributed by atoms with Gasteiger partial charge in [-0.1, -0.05) is 0 Å². The second-order valence-corrected chi connectivity index (χ2v) is 2.63. The monoisotopic (exact) mass is 193 g/mol. The van der Waals surface area contributed by atoms with Crippen LogP contribution in [-0.2, 0) is 0 Å². The molecule has 0 radical (unpaired) electrons. The molecular formula is C6H3N5OS. The van der Waals surface area contributed by atoms with Crippen molar-refractivity contribution in [1.29, 1.82) is 5.26 Å². The Labute approximate surface area is 77.9 Å². The van der Waals surface area contributed by atoms with Crippen LogP contribution in [0.4, 0.5) is 0 Å². The standard InChI is InChI=1S/C6H3N5OS/c7-1-3-2-8-11-4(3)9-5(13)10-6(11)12/h2H,(H2,9,10,12,13). The van der Waals surface area contributed by atoms with E-state index in [-0.39, 0.29) is 22.4 Å². The number of nitriles is 1. The van der Waals surface area contributed by atoms with Crippen molar-refractivity contribution in [2.45, 2.75) is 5.16 Å². The largest absolute Gasteiger partial charge is 0.479 e. The third kappa shape index (κ3) is 1.08. The first-order chi connectivity index (χ1) is 6.22. The Bertz CT molecular complexity index is 513. The summed E-state index contributed by atoms with van der Waals surface area (Å²) in [7, 11) is 0. The highest BCUT2D eigenvalue weighted by atomic mass is 32.1. The molecule has 0 saturated heterocycles. The van der Waals surface area contributed by atoms with Gasteiger partial charge < -0.3 is 5.11 Å². The number of nitrogens with zero attached hydrogens (tertiary/aromatic N) is 5. The lowest BCUT2D eigenvalue weighted by atomic mass is 10.4. The van der Waals surface area contributed by atoms with Crippen molar-refractivity contribution in [2.24, 2.45) is 0 Å². The van der Waals surface area contributed by atoms with E-state index in [1.807, 2.05) is 6.07 Å². The molecule has 6 nitrogen and oxygen atoms in total. The summed E-state index contributed by atoms with van der Waals surface area (Å²) >= 11 is 3.86. The predicted octanol–water partition coefficient (Wildman–Crippen LogP) is -0.00972. The van der Waals surface area contributed by atoms with Crippen LogP contribution in [0.15, 0.2) is 11.4 Å². The fourth-order valence-corrected chi connectivity index (χ4v) is 1.12. The van der Waals surface area contributed by atoms with Gasteiger partial charge in [-0.15, -0.1) is 12.6 Å². The van der Waals surface area contributed by atoms with Gasteiger partial charge in [-0.25, -0.2) is 4.98 Å². The van der Waals surface area contributed by atoms with Gasteiger partial charge in [0.25, 0.3) is 0 Å². The van der Waals surface area contributed by atoms with E-state index >= 15 is 0 Å². The summed E-state index contributed by atoms with van der Waals surface area (Å²) in [5, 5.41) is 21.7. The Kier molecular flexibility index (Phi) is 1.56. The SMILES string of the molecule is N#Cc1cnn2c(O)nc(S)nc12. The molecule has 0 fully saturated rings. The number of hydrogen-bond donors (Lipinski definition) is 2. The van der Waals surface area contributed by atoms with Gasteiger partial charge >= 0.3 is 6.01 Å². The van der Waals surface area contributed by atoms with Crippen LogP contribution in [-0.4, -0.2) is 24.7 Å². The molecule has 0 aliphatic rings. The molecule has 1 N–H and O–H groups in total. The lowest BCUT2D eigenvalue weighted by molar-refractivity contribution is 0.404. The van der Waals surface area contributed by atoms with Gasteiger partial charge in [-0.3, -0.25) is 0 Å². The fraction of sp³-hybridized carbons (Fsp3) is 0. The quantitative estimate of drug-likeness (QED) is 0.574. The fourth-order valence-electron chi connectivity index (χ4n) is 0.931. The minimum atomic E-state index is -0.337. The van der Waals surface area contributed by atoms with Gasteiger partial charge in [0.05, 0.1) is 6.20 Å². The van der Waals surface area contributed by atoms with Crippen molar-refractivity contribution in [3.8, 4) is 12.1 Å². The van der Waals surface area contributed by atoms with Gasteiger partial charge in [-0.05, 0) is 0 Å². The maximum Gasteiger partial charge on any atom is 0.319 e. The van der Waals surface area contributed by atoms with E-state index in [9.17, 15) is 5.11 Å². The Morgan fingerprint density at radius 2 is 2.31 bits per heavy atom. The van der Waals surface area contributed by atoms with Crippen LogP contribution in [0.3, 0.4) is 0 Å². The van der Waals surface area contributed by atoms with Crippen LogP contribution in [0.2, 0.25) is 0 Å². The maximum absolute atomic E-state index is 9.25. The van der Waals surface area contributed by atoms with Crippen LogP contribution in [0, 0.1) is 11.3 Å². The molecule has 7 heteroatoms. The van der Waals surface area contributed by atoms with Crippen molar-refractivity contribution in [3.63, 3.8) is 0 Å². The molecule has 0 aromatic carbocycles. The van der Waals surface area contributed by atoms with Crippen molar-refractivity contribution in [3.05, 3.63) is 11.8 Å². The number of aromatic hydroxyl groups is 1. The third-order valence-electron chi connectivity index (χ3n) is 1.46. The van der Waals surface area contributed by atoms with Gasteiger partial charge in [0.2, 0.25) is 0 Å². The molecule has 2 rings (SSSR count). The van der Waals surface area contributed by atoms with Crippen molar-refractivity contribution < 1.29 is 5.11 Å². The average molecular weight is 193 g/mol. The van der Waals surface area contributed by atoms with Crippen LogP contribution in [0.5, 0.6) is 6.01 Å². The third-order valence-corrected chi connectivity index (χ3v) is 1.66. The highest BCUT2D eigenvalue weighted by molar-refractivity contribution is 7.80. The second-order valence-electron chi connectivity index (χ2n) is 2.23. The van der Waals surface area contributed by atoms with E-state index in [2.05, 4.69) is 27.7 Å². The zero-order chi connectivity index (χ0) is 9.42. The number of thiol groups is 1. The lowest BCUT2D eigenvalue weighted by Crippen LogP contribution is -1.95. The minimum absolute atomic E-state index is 0.0991. The number of fused-ring (bicyclic) bond motifs is 1. The van der Waals surface area contributed by atoms with Crippen LogP contribution < -0.4 is 0 Å². The van der Waals surface area contributed by atoms with Gasteiger partial charge in [-0.2, -0.15) is 19.9 Å². The van der Waals surface area contributed by atoms with Crippen molar-refractivity contribution in [1.82, 2.24) is 19.6 Å². The molecule has 13 heavy (non-hydrogen) atoms. The zero-order valence-corrected chi connectivity index (χ0v) is 7.10.